The van der Waals surface area contributed by atoms with E-state index in [0.29, 0.717) is 12.2 Å². The van der Waals surface area contributed by atoms with Gasteiger partial charge in [0.15, 0.2) is 0 Å². The van der Waals surface area contributed by atoms with Crippen molar-refractivity contribution < 1.29 is 43.8 Å². The number of hydrogen-bond donors (Lipinski definition) is 10. The van der Waals surface area contributed by atoms with E-state index in [9.17, 15) is 33.6 Å². The lowest BCUT2D eigenvalue weighted by atomic mass is 9.97. The number of carboxylic acids is 1. The van der Waals surface area contributed by atoms with Crippen LogP contribution in [0.1, 0.15) is 40.0 Å². The molecule has 0 aliphatic carbocycles. The lowest BCUT2D eigenvalue weighted by Crippen LogP contribution is -2.60. The first kappa shape index (κ1) is 38.9. The molecule has 240 valence electrons. The van der Waals surface area contributed by atoms with Gasteiger partial charge in [-0.1, -0.05) is 20.3 Å². The van der Waals surface area contributed by atoms with Gasteiger partial charge in [-0.3, -0.25) is 28.8 Å². The monoisotopic (exact) mass is 637 g/mol. The van der Waals surface area contributed by atoms with E-state index in [-0.39, 0.29) is 18.1 Å². The third-order valence-electron chi connectivity index (χ3n) is 6.16. The first-order valence-corrected chi connectivity index (χ1v) is 15.1. The van der Waals surface area contributed by atoms with Crippen LogP contribution in [0.4, 0.5) is 0 Å². The molecule has 0 spiro atoms. The quantitative estimate of drug-likeness (QED) is 0.0583. The molecule has 0 aromatic heterocycles. The number of aliphatic hydroxyl groups is 1. The third-order valence-corrected chi connectivity index (χ3v) is 7.20. The SMILES string of the molecule is CC[C@H](C)[C@H](NC(=O)[C@@H](N)CS)C(=O)N[C@@H](CCSC)C(=O)N[C@@H](CC(N)=O)C(=O)N[C@@H](C)C(=O)N[C@@H](CO)C(=O)O. The van der Waals surface area contributed by atoms with Gasteiger partial charge in [0.1, 0.15) is 30.2 Å². The van der Waals surface area contributed by atoms with Crippen LogP contribution >= 0.6 is 24.4 Å². The van der Waals surface area contributed by atoms with Crippen molar-refractivity contribution in [2.75, 3.05) is 24.4 Å². The Balaban J connectivity index is 5.79. The van der Waals surface area contributed by atoms with Crippen molar-refractivity contribution in [1.82, 2.24) is 26.6 Å². The fraction of sp³-hybridized carbons (Fsp3) is 0.708. The second kappa shape index (κ2) is 19.9. The van der Waals surface area contributed by atoms with Gasteiger partial charge in [0, 0.05) is 5.75 Å². The molecule has 0 bridgehead atoms. The zero-order chi connectivity index (χ0) is 32.6. The number of aliphatic carboxylic acids is 1. The van der Waals surface area contributed by atoms with Crippen LogP contribution in [-0.4, -0.2) is 112 Å². The number of carbonyl (C=O) groups is 7. The number of rotatable bonds is 20. The van der Waals surface area contributed by atoms with Crippen molar-refractivity contribution in [2.24, 2.45) is 17.4 Å². The molecule has 0 saturated carbocycles. The van der Waals surface area contributed by atoms with Crippen molar-refractivity contribution >= 4 is 65.8 Å². The minimum Gasteiger partial charge on any atom is -0.480 e. The van der Waals surface area contributed by atoms with Gasteiger partial charge in [-0.25, -0.2) is 4.79 Å². The second-order valence-electron chi connectivity index (χ2n) is 9.55. The normalized spacial score (nSPS) is 15.9. The van der Waals surface area contributed by atoms with Gasteiger partial charge in [-0.2, -0.15) is 24.4 Å². The minimum absolute atomic E-state index is 0.0462. The number of hydrogen-bond acceptors (Lipinski definition) is 11. The average Bonchev–Trinajstić information content (AvgIpc) is 2.94. The summed E-state index contributed by atoms with van der Waals surface area (Å²) in [6, 6.07) is -7.66. The number of carboxylic acid groups (broad SMARTS) is 1. The summed E-state index contributed by atoms with van der Waals surface area (Å²) in [6.45, 7) is 3.87. The first-order valence-electron chi connectivity index (χ1n) is 13.1. The molecule has 0 radical (unpaired) electrons. The van der Waals surface area contributed by atoms with E-state index in [1.54, 1.807) is 13.2 Å². The van der Waals surface area contributed by atoms with Crippen LogP contribution in [0, 0.1) is 5.92 Å². The molecule has 0 rings (SSSR count). The minimum atomic E-state index is -1.61. The predicted molar refractivity (Wildman–Crippen MR) is 158 cm³/mol. The number of carbonyl (C=O) groups excluding carboxylic acids is 6. The Morgan fingerprint density at radius 1 is 0.833 bits per heavy atom. The van der Waals surface area contributed by atoms with E-state index in [0.717, 1.165) is 0 Å². The Bertz CT molecular complexity index is 973. The van der Waals surface area contributed by atoms with Gasteiger partial charge < -0.3 is 48.3 Å². The molecular formula is C24H43N7O9S2. The zero-order valence-corrected chi connectivity index (χ0v) is 25.8. The standard InChI is InChI=1S/C24H43N7O9S2/c1-5-11(2)18(31-20(35)13(25)10-41)23(38)28-14(6-7-42-4)21(36)29-15(8-17(26)33)22(37)27-12(3)19(34)30-16(9-32)24(39)40/h11-16,18,32,41H,5-10,25H2,1-4H3,(H2,26,33)(H,27,37)(H,28,38)(H,29,36)(H,30,34)(H,31,35)(H,39,40)/t11-,12-,13-,14-,15-,16-,18-/m0/s1. The number of nitrogens with one attached hydrogen (secondary N) is 5. The second-order valence-corrected chi connectivity index (χ2v) is 10.9. The molecule has 7 atom stereocenters. The highest BCUT2D eigenvalue weighted by molar-refractivity contribution is 7.98. The van der Waals surface area contributed by atoms with Crippen molar-refractivity contribution in [3.05, 3.63) is 0 Å². The Labute approximate surface area is 254 Å². The predicted octanol–water partition coefficient (Wildman–Crippen LogP) is -3.56. The van der Waals surface area contributed by atoms with Crippen LogP contribution in [0.15, 0.2) is 0 Å². The number of nitrogens with two attached hydrogens (primary N) is 2. The molecule has 16 nitrogen and oxygen atoms in total. The number of amides is 6. The summed E-state index contributed by atoms with van der Waals surface area (Å²) in [5.74, 6) is -6.35. The number of thioether (sulfide) groups is 1. The van der Waals surface area contributed by atoms with Gasteiger partial charge in [-0.15, -0.1) is 0 Å². The molecule has 11 N–H and O–H groups in total. The summed E-state index contributed by atoms with van der Waals surface area (Å²) in [4.78, 5) is 86.7. The van der Waals surface area contributed by atoms with Crippen LogP contribution in [0.3, 0.4) is 0 Å². The number of primary amides is 1. The summed E-state index contributed by atoms with van der Waals surface area (Å²) in [5, 5.41) is 29.9. The van der Waals surface area contributed by atoms with Crippen LogP contribution in [0.25, 0.3) is 0 Å². The van der Waals surface area contributed by atoms with Gasteiger partial charge in [0.2, 0.25) is 35.4 Å². The molecule has 42 heavy (non-hydrogen) atoms. The summed E-state index contributed by atoms with van der Waals surface area (Å²) < 4.78 is 0. The van der Waals surface area contributed by atoms with Crippen molar-refractivity contribution in [2.45, 2.75) is 76.3 Å². The third kappa shape index (κ3) is 13.7. The highest BCUT2D eigenvalue weighted by Gasteiger charge is 2.33. The smallest absolute Gasteiger partial charge is 0.328 e. The molecule has 0 aliphatic heterocycles. The van der Waals surface area contributed by atoms with Gasteiger partial charge in [0.05, 0.1) is 19.1 Å². The molecular weight excluding hydrogens is 594 g/mol. The van der Waals surface area contributed by atoms with E-state index in [1.165, 1.54) is 18.7 Å². The molecule has 18 heteroatoms. The van der Waals surface area contributed by atoms with Crippen LogP contribution in [0.2, 0.25) is 0 Å². The largest absolute Gasteiger partial charge is 0.480 e. The summed E-state index contributed by atoms with van der Waals surface area (Å²) in [5.41, 5.74) is 11.0. The molecule has 0 heterocycles. The molecule has 0 aromatic carbocycles. The fourth-order valence-corrected chi connectivity index (χ4v) is 3.99. The molecule has 0 aliphatic rings. The maximum absolute atomic E-state index is 13.2. The average molecular weight is 638 g/mol. The highest BCUT2D eigenvalue weighted by Crippen LogP contribution is 2.10. The van der Waals surface area contributed by atoms with Crippen LogP contribution in [-0.2, 0) is 33.6 Å². The van der Waals surface area contributed by atoms with E-state index in [1.807, 2.05) is 12.2 Å². The molecule has 0 aromatic rings. The van der Waals surface area contributed by atoms with Crippen LogP contribution < -0.4 is 38.1 Å². The Hall–Kier alpha value is -3.09. The summed E-state index contributed by atoms with van der Waals surface area (Å²) in [6.07, 6.45) is 1.75. The number of thiol groups is 1. The lowest BCUT2D eigenvalue weighted by Gasteiger charge is -2.28. The van der Waals surface area contributed by atoms with Gasteiger partial charge >= 0.3 is 5.97 Å². The van der Waals surface area contributed by atoms with Crippen molar-refractivity contribution in [1.29, 1.82) is 0 Å². The fourth-order valence-electron chi connectivity index (χ4n) is 3.36. The molecule has 6 amide bonds. The Morgan fingerprint density at radius 3 is 1.86 bits per heavy atom. The van der Waals surface area contributed by atoms with Crippen molar-refractivity contribution in [3.8, 4) is 0 Å². The van der Waals surface area contributed by atoms with E-state index in [2.05, 4.69) is 33.9 Å². The highest BCUT2D eigenvalue weighted by atomic mass is 32.2. The molecule has 0 unspecified atom stereocenters. The Morgan fingerprint density at radius 2 is 1.38 bits per heavy atom. The maximum Gasteiger partial charge on any atom is 0.328 e. The molecule has 0 fully saturated rings. The zero-order valence-electron chi connectivity index (χ0n) is 24.0. The first-order chi connectivity index (χ1) is 19.6. The van der Waals surface area contributed by atoms with Gasteiger partial charge in [-0.05, 0) is 31.3 Å². The van der Waals surface area contributed by atoms with Crippen molar-refractivity contribution in [3.63, 3.8) is 0 Å². The van der Waals surface area contributed by atoms with E-state index < -0.39 is 90.7 Å². The number of aliphatic hydroxyl groups excluding tert-OH is 1. The van der Waals surface area contributed by atoms with Gasteiger partial charge in [0.25, 0.3) is 0 Å². The summed E-state index contributed by atoms with van der Waals surface area (Å²) in [7, 11) is 0. The lowest BCUT2D eigenvalue weighted by molar-refractivity contribution is -0.143. The molecule has 0 saturated heterocycles. The Kier molecular flexibility index (Phi) is 18.5. The van der Waals surface area contributed by atoms with E-state index in [4.69, 9.17) is 21.7 Å². The van der Waals surface area contributed by atoms with E-state index >= 15 is 0 Å². The summed E-state index contributed by atoms with van der Waals surface area (Å²) >= 11 is 5.38. The van der Waals surface area contributed by atoms with Crippen LogP contribution in [0.5, 0.6) is 0 Å². The topological polar surface area (TPSA) is 272 Å². The maximum atomic E-state index is 13.2.